The number of carboxylic acid groups (broad SMARTS) is 1. The van der Waals surface area contributed by atoms with Crippen LogP contribution < -0.4 is 0 Å². The zero-order valence-electron chi connectivity index (χ0n) is 8.93. The fraction of sp³-hybridized carbons (Fsp3) is 0. The average Bonchev–Trinajstić information content (AvgIpc) is 2.33. The molecule has 1 N–H and O–H groups in total. The van der Waals surface area contributed by atoms with Gasteiger partial charge in [-0.15, -0.1) is 0 Å². The van der Waals surface area contributed by atoms with Crippen LogP contribution in [0.2, 0.25) is 0 Å². The predicted molar refractivity (Wildman–Crippen MR) is 61.7 cm³/mol. The molecule has 0 aliphatic rings. The van der Waals surface area contributed by atoms with E-state index in [0.717, 1.165) is 23.9 Å². The molecule has 1 aromatic carbocycles. The maximum atomic E-state index is 13.4. The van der Waals surface area contributed by atoms with Crippen LogP contribution in [0.15, 0.2) is 46.3 Å². The van der Waals surface area contributed by atoms with Crippen LogP contribution >= 0.6 is 11.8 Å². The van der Waals surface area contributed by atoms with Gasteiger partial charge in [0.05, 0.1) is 0 Å². The molecule has 0 saturated heterocycles. The highest BCUT2D eigenvalue weighted by Crippen LogP contribution is 2.28. The standard InChI is InChI=1S/C12H7F2NO2S/c13-7-4-5-10(8(14)6-7)18-11-3-1-2-9(15-11)12(16)17/h1-6H,(H,16,17). The van der Waals surface area contributed by atoms with Crippen molar-refractivity contribution in [3.63, 3.8) is 0 Å². The smallest absolute Gasteiger partial charge is 0.354 e. The SMILES string of the molecule is O=C(O)c1cccc(Sc2ccc(F)cc2F)n1. The molecule has 0 aliphatic heterocycles. The van der Waals surface area contributed by atoms with Crippen LogP contribution in [0.25, 0.3) is 0 Å². The van der Waals surface area contributed by atoms with Crippen molar-refractivity contribution in [2.75, 3.05) is 0 Å². The Hall–Kier alpha value is -1.95. The van der Waals surface area contributed by atoms with Gasteiger partial charge in [0.25, 0.3) is 0 Å². The fourth-order valence-electron chi connectivity index (χ4n) is 1.26. The number of pyridine rings is 1. The number of rotatable bonds is 3. The van der Waals surface area contributed by atoms with Gasteiger partial charge >= 0.3 is 5.97 Å². The summed E-state index contributed by atoms with van der Waals surface area (Å²) >= 11 is 0.938. The van der Waals surface area contributed by atoms with Crippen molar-refractivity contribution in [1.82, 2.24) is 4.98 Å². The van der Waals surface area contributed by atoms with Crippen molar-refractivity contribution >= 4 is 17.7 Å². The van der Waals surface area contributed by atoms with E-state index in [1.54, 1.807) is 6.07 Å². The Kier molecular flexibility index (Phi) is 3.57. The molecule has 18 heavy (non-hydrogen) atoms. The second-order valence-corrected chi connectivity index (χ2v) is 4.41. The van der Waals surface area contributed by atoms with Gasteiger partial charge in [-0.05, 0) is 24.3 Å². The Labute approximate surface area is 105 Å². The lowest BCUT2D eigenvalue weighted by atomic mass is 10.3. The van der Waals surface area contributed by atoms with Gasteiger partial charge in [-0.2, -0.15) is 0 Å². The lowest BCUT2D eigenvalue weighted by Crippen LogP contribution is -2.00. The first kappa shape index (κ1) is 12.5. The van der Waals surface area contributed by atoms with Crippen LogP contribution in [-0.4, -0.2) is 16.1 Å². The number of benzene rings is 1. The topological polar surface area (TPSA) is 50.2 Å². The van der Waals surface area contributed by atoms with Gasteiger partial charge in [-0.3, -0.25) is 0 Å². The predicted octanol–water partition coefficient (Wildman–Crippen LogP) is 3.21. The summed E-state index contributed by atoms with van der Waals surface area (Å²) in [5.41, 5.74) is -0.123. The van der Waals surface area contributed by atoms with E-state index < -0.39 is 17.6 Å². The summed E-state index contributed by atoms with van der Waals surface area (Å²) in [4.78, 5) is 14.7. The van der Waals surface area contributed by atoms with E-state index in [1.165, 1.54) is 18.2 Å². The molecule has 1 heterocycles. The second kappa shape index (κ2) is 5.14. The van der Waals surface area contributed by atoms with Gasteiger partial charge in [0.1, 0.15) is 22.4 Å². The van der Waals surface area contributed by atoms with Crippen LogP contribution in [-0.2, 0) is 0 Å². The molecule has 2 rings (SSSR count). The first-order valence-corrected chi connectivity index (χ1v) is 5.71. The Morgan fingerprint density at radius 3 is 2.67 bits per heavy atom. The Balaban J connectivity index is 2.28. The molecular weight excluding hydrogens is 260 g/mol. The highest BCUT2D eigenvalue weighted by molar-refractivity contribution is 7.99. The minimum Gasteiger partial charge on any atom is -0.477 e. The minimum atomic E-state index is -1.16. The fourth-order valence-corrected chi connectivity index (χ4v) is 2.07. The summed E-state index contributed by atoms with van der Waals surface area (Å²) in [6.45, 7) is 0. The van der Waals surface area contributed by atoms with Crippen molar-refractivity contribution in [1.29, 1.82) is 0 Å². The summed E-state index contributed by atoms with van der Waals surface area (Å²) in [7, 11) is 0. The molecule has 0 spiro atoms. The number of hydrogen-bond donors (Lipinski definition) is 1. The number of carboxylic acids is 1. The molecule has 1 aromatic heterocycles. The summed E-state index contributed by atoms with van der Waals surface area (Å²) in [6.07, 6.45) is 0. The van der Waals surface area contributed by atoms with Gasteiger partial charge in [0, 0.05) is 11.0 Å². The minimum absolute atomic E-state index is 0.123. The third kappa shape index (κ3) is 2.84. The van der Waals surface area contributed by atoms with Crippen LogP contribution in [0.3, 0.4) is 0 Å². The number of nitrogens with zero attached hydrogens (tertiary/aromatic N) is 1. The third-order valence-corrected chi connectivity index (χ3v) is 3.04. The van der Waals surface area contributed by atoms with Gasteiger partial charge < -0.3 is 5.11 Å². The molecule has 92 valence electrons. The summed E-state index contributed by atoms with van der Waals surface area (Å²) in [6, 6.07) is 7.59. The van der Waals surface area contributed by atoms with Crippen LogP contribution in [0, 0.1) is 11.6 Å². The van der Waals surface area contributed by atoms with E-state index in [2.05, 4.69) is 4.98 Å². The molecule has 0 fully saturated rings. The number of aromatic carboxylic acids is 1. The first-order chi connectivity index (χ1) is 8.56. The van der Waals surface area contributed by atoms with Crippen molar-refractivity contribution in [3.05, 3.63) is 53.7 Å². The molecule has 3 nitrogen and oxygen atoms in total. The number of hydrogen-bond acceptors (Lipinski definition) is 3. The van der Waals surface area contributed by atoms with E-state index in [9.17, 15) is 13.6 Å². The third-order valence-electron chi connectivity index (χ3n) is 2.05. The zero-order chi connectivity index (χ0) is 13.1. The summed E-state index contributed by atoms with van der Waals surface area (Å²) < 4.78 is 26.1. The van der Waals surface area contributed by atoms with Crippen LogP contribution in [0.5, 0.6) is 0 Å². The maximum Gasteiger partial charge on any atom is 0.354 e. The summed E-state index contributed by atoms with van der Waals surface area (Å²) in [5.74, 6) is -2.52. The summed E-state index contributed by atoms with van der Waals surface area (Å²) in [5, 5.41) is 9.10. The molecule has 0 unspecified atom stereocenters. The first-order valence-electron chi connectivity index (χ1n) is 4.89. The quantitative estimate of drug-likeness (QED) is 0.927. The zero-order valence-corrected chi connectivity index (χ0v) is 9.75. The Morgan fingerprint density at radius 1 is 1.22 bits per heavy atom. The Bertz CT molecular complexity index is 604. The van der Waals surface area contributed by atoms with E-state index in [1.807, 2.05) is 0 Å². The molecule has 0 bridgehead atoms. The lowest BCUT2D eigenvalue weighted by Gasteiger charge is -2.03. The van der Waals surface area contributed by atoms with Gasteiger partial charge in [-0.1, -0.05) is 17.8 Å². The van der Waals surface area contributed by atoms with Crippen molar-refractivity contribution in [2.24, 2.45) is 0 Å². The molecule has 0 saturated carbocycles. The highest BCUT2D eigenvalue weighted by atomic mass is 32.2. The molecular formula is C12H7F2NO2S. The molecule has 0 radical (unpaired) electrons. The molecule has 2 aromatic rings. The van der Waals surface area contributed by atoms with Gasteiger partial charge in [-0.25, -0.2) is 18.6 Å². The van der Waals surface area contributed by atoms with E-state index >= 15 is 0 Å². The average molecular weight is 267 g/mol. The highest BCUT2D eigenvalue weighted by Gasteiger charge is 2.09. The number of carbonyl (C=O) groups is 1. The number of aromatic nitrogens is 1. The molecule has 6 heteroatoms. The molecule has 0 aliphatic carbocycles. The van der Waals surface area contributed by atoms with Crippen molar-refractivity contribution in [3.8, 4) is 0 Å². The second-order valence-electron chi connectivity index (χ2n) is 3.34. The van der Waals surface area contributed by atoms with Crippen molar-refractivity contribution in [2.45, 2.75) is 9.92 Å². The van der Waals surface area contributed by atoms with E-state index in [-0.39, 0.29) is 10.6 Å². The maximum absolute atomic E-state index is 13.4. The molecule has 0 amide bonds. The van der Waals surface area contributed by atoms with E-state index in [4.69, 9.17) is 5.11 Å². The normalized spacial score (nSPS) is 10.3. The van der Waals surface area contributed by atoms with Crippen LogP contribution in [0.4, 0.5) is 8.78 Å². The van der Waals surface area contributed by atoms with E-state index in [0.29, 0.717) is 5.03 Å². The van der Waals surface area contributed by atoms with Crippen molar-refractivity contribution < 1.29 is 18.7 Å². The lowest BCUT2D eigenvalue weighted by molar-refractivity contribution is 0.0689. The molecule has 0 atom stereocenters. The monoisotopic (exact) mass is 267 g/mol. The van der Waals surface area contributed by atoms with Gasteiger partial charge in [0.15, 0.2) is 0 Å². The Morgan fingerprint density at radius 2 is 2.00 bits per heavy atom. The largest absolute Gasteiger partial charge is 0.477 e. The number of halogens is 2. The van der Waals surface area contributed by atoms with Gasteiger partial charge in [0.2, 0.25) is 0 Å². The van der Waals surface area contributed by atoms with Crippen LogP contribution in [0.1, 0.15) is 10.5 Å².